The molecule has 2 heterocycles. The lowest BCUT2D eigenvalue weighted by molar-refractivity contribution is -0.128. The number of aromatic amines is 1. The summed E-state index contributed by atoms with van der Waals surface area (Å²) in [5.74, 6) is 3.14. The molecule has 0 spiro atoms. The number of hydrogen-bond donors (Lipinski definition) is 1. The van der Waals surface area contributed by atoms with Gasteiger partial charge in [0.05, 0.1) is 25.1 Å². The highest BCUT2D eigenvalue weighted by Crippen LogP contribution is 2.38. The minimum atomic E-state index is -0.0384. The number of methoxy groups -OCH3 is 1. The molecule has 1 unspecified atom stereocenters. The molecule has 0 radical (unpaired) electrons. The Kier molecular flexibility index (Phi) is 5.53. The van der Waals surface area contributed by atoms with E-state index < -0.39 is 0 Å². The molecule has 0 bridgehead atoms. The molecule has 3 rings (SSSR count). The number of hydrogen-bond acceptors (Lipinski definition) is 5. The Morgan fingerprint density at radius 2 is 2.04 bits per heavy atom. The molecule has 1 saturated heterocycles. The van der Waals surface area contributed by atoms with Crippen molar-refractivity contribution in [2.75, 3.05) is 26.0 Å². The zero-order valence-electron chi connectivity index (χ0n) is 14.7. The molecule has 6 nitrogen and oxygen atoms in total. The van der Waals surface area contributed by atoms with Gasteiger partial charge in [0.1, 0.15) is 29.3 Å². The Morgan fingerprint density at radius 3 is 2.68 bits per heavy atom. The number of carbonyl (C=O) groups excluding carboxylic acids is 1. The van der Waals surface area contributed by atoms with Crippen LogP contribution in [-0.2, 0) is 11.2 Å². The molecule has 1 aliphatic heterocycles. The van der Waals surface area contributed by atoms with Gasteiger partial charge in [-0.15, -0.1) is 11.8 Å². The number of carbonyl (C=O) groups is 1. The van der Waals surface area contributed by atoms with Crippen molar-refractivity contribution in [3.8, 4) is 11.5 Å². The van der Waals surface area contributed by atoms with Crippen LogP contribution in [0.25, 0.3) is 0 Å². The molecule has 2 aromatic rings. The first kappa shape index (κ1) is 17.7. The van der Waals surface area contributed by atoms with Crippen LogP contribution in [0.1, 0.15) is 29.5 Å². The molecular weight excluding hydrogens is 338 g/mol. The summed E-state index contributed by atoms with van der Waals surface area (Å²) in [6.07, 6.45) is 0.854. The summed E-state index contributed by atoms with van der Waals surface area (Å²) >= 11 is 1.62. The summed E-state index contributed by atoms with van der Waals surface area (Å²) in [6, 6.07) is 7.44. The van der Waals surface area contributed by atoms with Crippen molar-refractivity contribution in [1.29, 1.82) is 0 Å². The summed E-state index contributed by atoms with van der Waals surface area (Å²) < 4.78 is 10.9. The van der Waals surface area contributed by atoms with E-state index in [9.17, 15) is 4.79 Å². The highest BCUT2D eigenvalue weighted by molar-refractivity contribution is 8.00. The lowest BCUT2D eigenvalue weighted by Gasteiger charge is -2.23. The minimum absolute atomic E-state index is 0.0384. The highest BCUT2D eigenvalue weighted by Gasteiger charge is 2.35. The second-order valence-electron chi connectivity index (χ2n) is 5.82. The van der Waals surface area contributed by atoms with E-state index >= 15 is 0 Å². The van der Waals surface area contributed by atoms with Crippen molar-refractivity contribution >= 4 is 17.7 Å². The van der Waals surface area contributed by atoms with Gasteiger partial charge in [-0.05, 0) is 31.2 Å². The predicted octanol–water partition coefficient (Wildman–Crippen LogP) is 2.94. The van der Waals surface area contributed by atoms with Gasteiger partial charge in [-0.25, -0.2) is 4.98 Å². The number of nitrogens with one attached hydrogen (secondary N) is 1. The van der Waals surface area contributed by atoms with E-state index in [1.807, 2.05) is 36.1 Å². The fourth-order valence-corrected chi connectivity index (χ4v) is 4.06. The van der Waals surface area contributed by atoms with Crippen LogP contribution < -0.4 is 9.47 Å². The monoisotopic (exact) mass is 361 g/mol. The van der Waals surface area contributed by atoms with Crippen LogP contribution in [0.4, 0.5) is 0 Å². The quantitative estimate of drug-likeness (QED) is 0.821. The molecule has 7 heteroatoms. The number of rotatable bonds is 7. The van der Waals surface area contributed by atoms with Gasteiger partial charge in [0.2, 0.25) is 5.91 Å². The molecule has 25 heavy (non-hydrogen) atoms. The second-order valence-corrected chi connectivity index (χ2v) is 6.89. The number of nitrogens with zero attached hydrogens (tertiary/aromatic N) is 2. The highest BCUT2D eigenvalue weighted by atomic mass is 32.2. The zero-order chi connectivity index (χ0) is 17.8. The zero-order valence-corrected chi connectivity index (χ0v) is 15.6. The van der Waals surface area contributed by atoms with Crippen molar-refractivity contribution in [2.45, 2.75) is 25.6 Å². The molecule has 134 valence electrons. The van der Waals surface area contributed by atoms with E-state index in [0.717, 1.165) is 35.1 Å². The van der Waals surface area contributed by atoms with Gasteiger partial charge in [0.25, 0.3) is 0 Å². The fraction of sp³-hybridized carbons (Fsp3) is 0.444. The predicted molar refractivity (Wildman–Crippen MR) is 98.1 cm³/mol. The van der Waals surface area contributed by atoms with Crippen LogP contribution in [0.3, 0.4) is 0 Å². The average molecular weight is 361 g/mol. The summed E-state index contributed by atoms with van der Waals surface area (Å²) in [6.45, 7) is 5.06. The normalized spacial score (nSPS) is 17.2. The van der Waals surface area contributed by atoms with Crippen LogP contribution in [0.5, 0.6) is 11.5 Å². The molecule has 1 fully saturated rings. The lowest BCUT2D eigenvalue weighted by Crippen LogP contribution is -2.32. The van der Waals surface area contributed by atoms with Crippen molar-refractivity contribution in [3.05, 3.63) is 41.5 Å². The van der Waals surface area contributed by atoms with Crippen molar-refractivity contribution in [2.24, 2.45) is 0 Å². The Hall–Kier alpha value is -2.15. The Labute approximate surface area is 151 Å². The number of ether oxygens (including phenoxy) is 2. The smallest absolute Gasteiger partial charge is 0.234 e. The number of benzene rings is 1. The van der Waals surface area contributed by atoms with E-state index in [0.29, 0.717) is 18.9 Å². The molecule has 1 N–H and O–H groups in total. The van der Waals surface area contributed by atoms with Crippen LogP contribution in [-0.4, -0.2) is 46.8 Å². The number of H-pyrrole nitrogens is 1. The standard InChI is InChI=1S/C18H23N3O3S/c1-4-15-19-12(2)17(20-15)18-21(16(22)11-25-18)9-10-24-14-7-5-13(23-3)6-8-14/h5-8,18H,4,9-11H2,1-3H3,(H,19,20). The van der Waals surface area contributed by atoms with Gasteiger partial charge in [-0.3, -0.25) is 4.79 Å². The third kappa shape index (κ3) is 3.92. The van der Waals surface area contributed by atoms with Crippen molar-refractivity contribution in [1.82, 2.24) is 14.9 Å². The maximum atomic E-state index is 12.3. The molecule has 1 aromatic heterocycles. The van der Waals surface area contributed by atoms with Gasteiger partial charge in [0, 0.05) is 12.1 Å². The molecule has 1 amide bonds. The molecule has 0 aliphatic carbocycles. The fourth-order valence-electron chi connectivity index (χ4n) is 2.80. The summed E-state index contributed by atoms with van der Waals surface area (Å²) in [5, 5.41) is -0.0384. The Morgan fingerprint density at radius 1 is 1.32 bits per heavy atom. The van der Waals surface area contributed by atoms with Gasteiger partial charge in [-0.2, -0.15) is 0 Å². The van der Waals surface area contributed by atoms with Crippen LogP contribution in [0.2, 0.25) is 0 Å². The maximum Gasteiger partial charge on any atom is 0.234 e. The Bertz CT molecular complexity index is 730. The van der Waals surface area contributed by atoms with Gasteiger partial charge in [0.15, 0.2) is 0 Å². The van der Waals surface area contributed by atoms with Crippen molar-refractivity contribution < 1.29 is 14.3 Å². The third-order valence-electron chi connectivity index (χ3n) is 4.17. The average Bonchev–Trinajstić information content (AvgIpc) is 3.18. The molecule has 1 aliphatic rings. The SMILES string of the molecule is CCc1nc(C2SCC(=O)N2CCOc2ccc(OC)cc2)c(C)[nH]1. The van der Waals surface area contributed by atoms with E-state index in [-0.39, 0.29) is 11.3 Å². The largest absolute Gasteiger partial charge is 0.497 e. The van der Waals surface area contributed by atoms with E-state index in [1.165, 1.54) is 0 Å². The summed E-state index contributed by atoms with van der Waals surface area (Å²) in [7, 11) is 1.63. The molecule has 0 saturated carbocycles. The van der Waals surface area contributed by atoms with Crippen LogP contribution in [0.15, 0.2) is 24.3 Å². The number of aromatic nitrogens is 2. The number of aryl methyl sites for hydroxylation is 2. The summed E-state index contributed by atoms with van der Waals surface area (Å²) in [5.41, 5.74) is 1.99. The first-order valence-corrected chi connectivity index (χ1v) is 9.40. The lowest BCUT2D eigenvalue weighted by atomic mass is 10.3. The number of amides is 1. The third-order valence-corrected chi connectivity index (χ3v) is 5.38. The van der Waals surface area contributed by atoms with Crippen molar-refractivity contribution in [3.63, 3.8) is 0 Å². The number of imidazole rings is 1. The van der Waals surface area contributed by atoms with E-state index in [1.54, 1.807) is 18.9 Å². The Balaban J connectivity index is 1.62. The van der Waals surface area contributed by atoms with Crippen LogP contribution in [0, 0.1) is 6.92 Å². The second kappa shape index (κ2) is 7.82. The number of thioether (sulfide) groups is 1. The van der Waals surface area contributed by atoms with Crippen LogP contribution >= 0.6 is 11.8 Å². The first-order valence-electron chi connectivity index (χ1n) is 8.35. The molecule has 1 aromatic carbocycles. The topological polar surface area (TPSA) is 67.5 Å². The molecule has 1 atom stereocenters. The van der Waals surface area contributed by atoms with Gasteiger partial charge in [-0.1, -0.05) is 6.92 Å². The van der Waals surface area contributed by atoms with E-state index in [4.69, 9.17) is 9.47 Å². The summed E-state index contributed by atoms with van der Waals surface area (Å²) in [4.78, 5) is 22.1. The van der Waals surface area contributed by atoms with Gasteiger partial charge < -0.3 is 19.4 Å². The van der Waals surface area contributed by atoms with E-state index in [2.05, 4.69) is 16.9 Å². The van der Waals surface area contributed by atoms with Gasteiger partial charge >= 0.3 is 0 Å². The first-order chi connectivity index (χ1) is 12.1. The minimum Gasteiger partial charge on any atom is -0.497 e. The maximum absolute atomic E-state index is 12.3. The molecular formula is C18H23N3O3S.